The Hall–Kier alpha value is -2.22. The van der Waals surface area contributed by atoms with E-state index in [4.69, 9.17) is 28.6 Å². The molecule has 1 N–H and O–H groups in total. The van der Waals surface area contributed by atoms with E-state index >= 15 is 0 Å². The molecule has 1 aliphatic heterocycles. The lowest BCUT2D eigenvalue weighted by Gasteiger charge is -2.29. The fraction of sp³-hybridized carbons (Fsp3) is 0.150. The van der Waals surface area contributed by atoms with Crippen LogP contribution in [0, 0.1) is 6.92 Å². The van der Waals surface area contributed by atoms with Crippen molar-refractivity contribution in [3.05, 3.63) is 62.6 Å². The van der Waals surface area contributed by atoms with E-state index in [1.54, 1.807) is 30.3 Å². The number of anilines is 1. The summed E-state index contributed by atoms with van der Waals surface area (Å²) in [6.07, 6.45) is 1.50. The molecule has 2 aromatic rings. The average Bonchev–Trinajstić information content (AvgIpc) is 2.63. The van der Waals surface area contributed by atoms with Gasteiger partial charge in [0.2, 0.25) is 0 Å². The number of carbonyl (C=O) groups is 2. The Morgan fingerprint density at radius 2 is 2.00 bits per heavy atom. The van der Waals surface area contributed by atoms with Gasteiger partial charge in [0, 0.05) is 15.1 Å². The van der Waals surface area contributed by atoms with Crippen molar-refractivity contribution < 1.29 is 14.3 Å². The molecular formula is C20H16BrClN2O3S. The van der Waals surface area contributed by atoms with Crippen molar-refractivity contribution in [2.45, 2.75) is 13.8 Å². The van der Waals surface area contributed by atoms with E-state index in [0.29, 0.717) is 28.6 Å². The summed E-state index contributed by atoms with van der Waals surface area (Å²) in [5.74, 6) is -0.528. The summed E-state index contributed by atoms with van der Waals surface area (Å²) in [5.41, 5.74) is 1.90. The van der Waals surface area contributed by atoms with Gasteiger partial charge in [-0.15, -0.1) is 0 Å². The molecule has 2 amide bonds. The number of benzene rings is 2. The maximum Gasteiger partial charge on any atom is 0.270 e. The van der Waals surface area contributed by atoms with Crippen molar-refractivity contribution in [1.82, 2.24) is 5.32 Å². The molecule has 0 spiro atoms. The predicted molar refractivity (Wildman–Crippen MR) is 118 cm³/mol. The SMILES string of the molecule is CCOc1ccc(Br)cc1/C=C1\C(=O)NC(=S)N(c2ccc(C)c(Cl)c2)C1=O. The summed E-state index contributed by atoms with van der Waals surface area (Å²) >= 11 is 14.8. The molecule has 2 aromatic carbocycles. The molecule has 0 radical (unpaired) electrons. The van der Waals surface area contributed by atoms with Gasteiger partial charge in [-0.05, 0) is 68.0 Å². The van der Waals surface area contributed by atoms with Gasteiger partial charge >= 0.3 is 0 Å². The Morgan fingerprint density at radius 1 is 1.25 bits per heavy atom. The first-order valence-corrected chi connectivity index (χ1v) is 9.99. The van der Waals surface area contributed by atoms with E-state index in [1.807, 2.05) is 19.9 Å². The van der Waals surface area contributed by atoms with Crippen LogP contribution in [0.2, 0.25) is 5.02 Å². The molecule has 0 unspecified atom stereocenters. The Balaban J connectivity index is 2.06. The van der Waals surface area contributed by atoms with E-state index in [9.17, 15) is 9.59 Å². The first-order valence-electron chi connectivity index (χ1n) is 8.41. The zero-order chi connectivity index (χ0) is 20.4. The van der Waals surface area contributed by atoms with E-state index in [2.05, 4.69) is 21.2 Å². The second kappa shape index (κ2) is 8.43. The van der Waals surface area contributed by atoms with Crippen LogP contribution in [0.5, 0.6) is 5.75 Å². The zero-order valence-corrected chi connectivity index (χ0v) is 18.2. The second-order valence-corrected chi connectivity index (χ2v) is 7.72. The van der Waals surface area contributed by atoms with Crippen molar-refractivity contribution in [2.24, 2.45) is 0 Å². The topological polar surface area (TPSA) is 58.6 Å². The lowest BCUT2D eigenvalue weighted by atomic mass is 10.1. The highest BCUT2D eigenvalue weighted by atomic mass is 79.9. The first kappa shape index (κ1) is 20.5. The molecule has 0 bridgehead atoms. The van der Waals surface area contributed by atoms with E-state index in [1.165, 1.54) is 11.0 Å². The number of aryl methyl sites for hydroxylation is 1. The number of halogens is 2. The van der Waals surface area contributed by atoms with Crippen LogP contribution in [0.3, 0.4) is 0 Å². The molecule has 1 saturated heterocycles. The monoisotopic (exact) mass is 478 g/mol. The summed E-state index contributed by atoms with van der Waals surface area (Å²) in [7, 11) is 0. The first-order chi connectivity index (χ1) is 13.3. The molecule has 0 atom stereocenters. The van der Waals surface area contributed by atoms with Gasteiger partial charge in [-0.3, -0.25) is 19.8 Å². The Kier molecular flexibility index (Phi) is 6.17. The number of amides is 2. The van der Waals surface area contributed by atoms with Crippen molar-refractivity contribution in [3.8, 4) is 5.75 Å². The van der Waals surface area contributed by atoms with Gasteiger partial charge in [0.05, 0.1) is 12.3 Å². The lowest BCUT2D eigenvalue weighted by Crippen LogP contribution is -2.54. The standard InChI is InChI=1S/C20H16BrClN2O3S/c1-3-27-17-7-5-13(21)8-12(17)9-15-18(25)23-20(28)24(19(15)26)14-6-4-11(2)16(22)10-14/h4-10H,3H2,1-2H3,(H,23,25,28)/b15-9+. The molecular weight excluding hydrogens is 464 g/mol. The summed E-state index contributed by atoms with van der Waals surface area (Å²) < 4.78 is 6.40. The van der Waals surface area contributed by atoms with E-state index < -0.39 is 11.8 Å². The zero-order valence-electron chi connectivity index (χ0n) is 15.1. The minimum absolute atomic E-state index is 0.00587. The fourth-order valence-corrected chi connectivity index (χ4v) is 3.52. The molecule has 0 aromatic heterocycles. The maximum atomic E-state index is 13.1. The maximum absolute atomic E-state index is 13.1. The largest absolute Gasteiger partial charge is 0.493 e. The summed E-state index contributed by atoms with van der Waals surface area (Å²) in [5, 5.41) is 3.07. The van der Waals surface area contributed by atoms with E-state index in [0.717, 1.165) is 10.0 Å². The molecule has 3 rings (SSSR count). The number of ether oxygens (including phenoxy) is 1. The molecule has 28 heavy (non-hydrogen) atoms. The van der Waals surface area contributed by atoms with Gasteiger partial charge in [0.15, 0.2) is 5.11 Å². The van der Waals surface area contributed by atoms with Gasteiger partial charge in [-0.25, -0.2) is 0 Å². The normalized spacial score (nSPS) is 15.8. The second-order valence-electron chi connectivity index (χ2n) is 6.01. The van der Waals surface area contributed by atoms with Gasteiger partial charge in [-0.2, -0.15) is 0 Å². The highest BCUT2D eigenvalue weighted by Crippen LogP contribution is 2.29. The number of thiocarbonyl (C=S) groups is 1. The highest BCUT2D eigenvalue weighted by Gasteiger charge is 2.34. The third kappa shape index (κ3) is 4.11. The van der Waals surface area contributed by atoms with Crippen molar-refractivity contribution in [3.63, 3.8) is 0 Å². The molecule has 144 valence electrons. The van der Waals surface area contributed by atoms with Crippen LogP contribution in [-0.2, 0) is 9.59 Å². The number of hydrogen-bond acceptors (Lipinski definition) is 4. The van der Waals surface area contributed by atoms with Crippen LogP contribution in [0.15, 0.2) is 46.4 Å². The number of hydrogen-bond donors (Lipinski definition) is 1. The highest BCUT2D eigenvalue weighted by molar-refractivity contribution is 9.10. The van der Waals surface area contributed by atoms with Crippen LogP contribution >= 0.6 is 39.7 Å². The van der Waals surface area contributed by atoms with Gasteiger partial charge in [0.25, 0.3) is 11.8 Å². The van der Waals surface area contributed by atoms with Crippen LogP contribution in [0.1, 0.15) is 18.1 Å². The van der Waals surface area contributed by atoms with Gasteiger partial charge < -0.3 is 4.74 Å². The van der Waals surface area contributed by atoms with Crippen LogP contribution in [0.25, 0.3) is 6.08 Å². The molecule has 1 heterocycles. The van der Waals surface area contributed by atoms with Crippen LogP contribution < -0.4 is 15.0 Å². The number of nitrogens with zero attached hydrogens (tertiary/aromatic N) is 1. The molecule has 1 fully saturated rings. The summed E-state index contributed by atoms with van der Waals surface area (Å²) in [6, 6.07) is 10.5. The smallest absolute Gasteiger partial charge is 0.270 e. The lowest BCUT2D eigenvalue weighted by molar-refractivity contribution is -0.122. The summed E-state index contributed by atoms with van der Waals surface area (Å²) in [4.78, 5) is 26.8. The van der Waals surface area contributed by atoms with Crippen molar-refractivity contribution in [2.75, 3.05) is 11.5 Å². The molecule has 8 heteroatoms. The van der Waals surface area contributed by atoms with E-state index in [-0.39, 0.29) is 10.7 Å². The fourth-order valence-electron chi connectivity index (χ4n) is 2.69. The average molecular weight is 480 g/mol. The minimum atomic E-state index is -0.563. The van der Waals surface area contributed by atoms with Crippen LogP contribution in [-0.4, -0.2) is 23.5 Å². The van der Waals surface area contributed by atoms with Crippen molar-refractivity contribution in [1.29, 1.82) is 0 Å². The summed E-state index contributed by atoms with van der Waals surface area (Å²) in [6.45, 7) is 4.17. The number of rotatable bonds is 4. The minimum Gasteiger partial charge on any atom is -0.493 e. The Morgan fingerprint density at radius 3 is 2.68 bits per heavy atom. The van der Waals surface area contributed by atoms with Crippen LogP contribution in [0.4, 0.5) is 5.69 Å². The molecule has 0 aliphatic carbocycles. The number of carbonyl (C=O) groups excluding carboxylic acids is 2. The van der Waals surface area contributed by atoms with Gasteiger partial charge in [0.1, 0.15) is 11.3 Å². The predicted octanol–water partition coefficient (Wildman–Crippen LogP) is 4.64. The molecule has 0 saturated carbocycles. The van der Waals surface area contributed by atoms with Crippen molar-refractivity contribution >= 4 is 68.4 Å². The Bertz CT molecular complexity index is 1020. The Labute approximate surface area is 181 Å². The third-order valence-corrected chi connectivity index (χ3v) is 5.27. The van der Waals surface area contributed by atoms with Gasteiger partial charge in [-0.1, -0.05) is 33.6 Å². The third-order valence-electron chi connectivity index (χ3n) is 4.09. The number of nitrogens with one attached hydrogen (secondary N) is 1. The molecule has 5 nitrogen and oxygen atoms in total. The molecule has 1 aliphatic rings. The quantitative estimate of drug-likeness (QED) is 0.394.